The Labute approximate surface area is 223 Å². The molecular weight excluding hydrogens is 516 g/mol. The SMILES string of the molecule is CC(C)OC(=O)N1CCC[C@H](N(Cc2cc(CF)cc(C(F)(F)F)c2)c2nn[nH]n2)c2cc3c(cc21)CCC3. The van der Waals surface area contributed by atoms with Crippen LogP contribution in [0.3, 0.4) is 0 Å². The van der Waals surface area contributed by atoms with E-state index in [1.807, 2.05) is 6.07 Å². The molecule has 1 aromatic heterocycles. The predicted octanol–water partition coefficient (Wildman–Crippen LogP) is 6.07. The van der Waals surface area contributed by atoms with Crippen molar-refractivity contribution >= 4 is 17.7 Å². The van der Waals surface area contributed by atoms with Crippen molar-refractivity contribution in [1.29, 1.82) is 0 Å². The van der Waals surface area contributed by atoms with Crippen LogP contribution in [0.1, 0.15) is 72.5 Å². The lowest BCUT2D eigenvalue weighted by Crippen LogP contribution is -2.34. The Morgan fingerprint density at radius 1 is 1.13 bits per heavy atom. The summed E-state index contributed by atoms with van der Waals surface area (Å²) in [6.07, 6.45) is -1.37. The zero-order valence-corrected chi connectivity index (χ0v) is 21.8. The van der Waals surface area contributed by atoms with Gasteiger partial charge in [-0.3, -0.25) is 4.90 Å². The molecule has 0 radical (unpaired) electrons. The number of nitrogens with zero attached hydrogens (tertiary/aromatic N) is 5. The Kier molecular flexibility index (Phi) is 7.46. The molecule has 0 saturated carbocycles. The van der Waals surface area contributed by atoms with Gasteiger partial charge in [0.05, 0.1) is 23.4 Å². The average molecular weight is 547 g/mol. The smallest absolute Gasteiger partial charge is 0.416 e. The molecule has 39 heavy (non-hydrogen) atoms. The van der Waals surface area contributed by atoms with Crippen LogP contribution in [-0.2, 0) is 37.0 Å². The van der Waals surface area contributed by atoms with Crippen molar-refractivity contribution in [3.8, 4) is 0 Å². The number of ether oxygens (including phenoxy) is 1. The lowest BCUT2D eigenvalue weighted by molar-refractivity contribution is -0.137. The molecule has 8 nitrogen and oxygen atoms in total. The first-order chi connectivity index (χ1) is 18.6. The molecule has 1 aliphatic carbocycles. The fourth-order valence-electron chi connectivity index (χ4n) is 5.52. The van der Waals surface area contributed by atoms with E-state index in [0.29, 0.717) is 25.1 Å². The van der Waals surface area contributed by atoms with Crippen LogP contribution < -0.4 is 9.80 Å². The van der Waals surface area contributed by atoms with Crippen LogP contribution in [0.25, 0.3) is 0 Å². The van der Waals surface area contributed by atoms with Crippen LogP contribution in [0.5, 0.6) is 0 Å². The Hall–Kier alpha value is -3.70. The zero-order chi connectivity index (χ0) is 27.7. The summed E-state index contributed by atoms with van der Waals surface area (Å²) in [4.78, 5) is 16.6. The number of amides is 1. The second-order valence-corrected chi connectivity index (χ2v) is 10.3. The van der Waals surface area contributed by atoms with E-state index in [1.54, 1.807) is 23.6 Å². The highest BCUT2D eigenvalue weighted by molar-refractivity contribution is 5.89. The molecule has 1 amide bonds. The van der Waals surface area contributed by atoms with Gasteiger partial charge in [-0.15, -0.1) is 5.10 Å². The molecule has 5 rings (SSSR count). The lowest BCUT2D eigenvalue weighted by atomic mass is 9.95. The number of aromatic nitrogens is 4. The van der Waals surface area contributed by atoms with Crippen LogP contribution in [0.4, 0.5) is 34.0 Å². The molecule has 0 spiro atoms. The molecule has 0 unspecified atom stereocenters. The van der Waals surface area contributed by atoms with E-state index in [1.165, 1.54) is 17.2 Å². The summed E-state index contributed by atoms with van der Waals surface area (Å²) < 4.78 is 59.9. The van der Waals surface area contributed by atoms with Crippen LogP contribution in [0, 0.1) is 0 Å². The quantitative estimate of drug-likeness (QED) is 0.378. The van der Waals surface area contributed by atoms with Crippen LogP contribution in [0.15, 0.2) is 30.3 Å². The first-order valence-electron chi connectivity index (χ1n) is 13.0. The lowest BCUT2D eigenvalue weighted by Gasteiger charge is -2.32. The summed E-state index contributed by atoms with van der Waals surface area (Å²) in [7, 11) is 0. The summed E-state index contributed by atoms with van der Waals surface area (Å²) in [6, 6.07) is 7.02. The van der Waals surface area contributed by atoms with E-state index < -0.39 is 24.5 Å². The standard InChI is InChI=1S/C27H30F4N6O2/c1-16(2)39-26(38)36-8-4-7-23(22-12-19-5-3-6-20(19)13-24(22)36)37(25-32-34-35-33-25)15-18-9-17(14-28)10-21(11-18)27(29,30)31/h9-13,16,23H,3-8,14-15H2,1-2H3,(H,32,33,34,35)/t23-/m0/s1. The van der Waals surface area contributed by atoms with E-state index in [4.69, 9.17) is 4.74 Å². The molecule has 0 bridgehead atoms. The number of carbonyl (C=O) groups excluding carboxylic acids is 1. The topological polar surface area (TPSA) is 87.2 Å². The highest BCUT2D eigenvalue weighted by atomic mass is 19.4. The van der Waals surface area contributed by atoms with Crippen LogP contribution >= 0.6 is 0 Å². The van der Waals surface area contributed by atoms with Crippen molar-refractivity contribution in [2.75, 3.05) is 16.3 Å². The zero-order valence-electron chi connectivity index (χ0n) is 21.8. The minimum absolute atomic E-state index is 0.0198. The second kappa shape index (κ2) is 10.8. The average Bonchev–Trinajstić information content (AvgIpc) is 3.54. The number of halogens is 4. The fourth-order valence-corrected chi connectivity index (χ4v) is 5.52. The third-order valence-electron chi connectivity index (χ3n) is 7.16. The monoisotopic (exact) mass is 546 g/mol. The molecule has 2 aliphatic rings. The fraction of sp³-hybridized carbons (Fsp3) is 0.481. The third kappa shape index (κ3) is 5.69. The number of carbonyl (C=O) groups is 1. The van der Waals surface area contributed by atoms with Crippen molar-refractivity contribution < 1.29 is 27.1 Å². The number of fused-ring (bicyclic) bond motifs is 2. The molecule has 2 heterocycles. The highest BCUT2D eigenvalue weighted by Crippen LogP contribution is 2.42. The van der Waals surface area contributed by atoms with Gasteiger partial charge in [-0.05, 0) is 97.2 Å². The largest absolute Gasteiger partial charge is 0.446 e. The molecule has 2 aromatic carbocycles. The van der Waals surface area contributed by atoms with E-state index in [2.05, 4.69) is 26.7 Å². The molecule has 0 saturated heterocycles. The normalized spacial score (nSPS) is 17.1. The number of hydrogen-bond acceptors (Lipinski definition) is 6. The molecule has 0 fully saturated rings. The summed E-state index contributed by atoms with van der Waals surface area (Å²) in [5.41, 5.74) is 3.21. The molecule has 3 aromatic rings. The van der Waals surface area contributed by atoms with Gasteiger partial charge in [-0.2, -0.15) is 18.4 Å². The number of benzene rings is 2. The maximum atomic E-state index is 13.6. The summed E-state index contributed by atoms with van der Waals surface area (Å²) in [5, 5.41) is 14.4. The minimum Gasteiger partial charge on any atom is -0.446 e. The predicted molar refractivity (Wildman–Crippen MR) is 136 cm³/mol. The number of H-pyrrole nitrogens is 1. The van der Waals surface area contributed by atoms with Gasteiger partial charge in [-0.1, -0.05) is 17.2 Å². The van der Waals surface area contributed by atoms with Gasteiger partial charge >= 0.3 is 12.3 Å². The summed E-state index contributed by atoms with van der Waals surface area (Å²) in [5.74, 6) is 0.198. The van der Waals surface area contributed by atoms with Gasteiger partial charge in [0.25, 0.3) is 5.95 Å². The van der Waals surface area contributed by atoms with Crippen LogP contribution in [0.2, 0.25) is 0 Å². The van der Waals surface area contributed by atoms with Gasteiger partial charge in [0, 0.05) is 13.1 Å². The van der Waals surface area contributed by atoms with Crippen molar-refractivity contribution in [1.82, 2.24) is 20.6 Å². The Morgan fingerprint density at radius 3 is 2.54 bits per heavy atom. The molecule has 1 N–H and O–H groups in total. The molecule has 1 atom stereocenters. The number of aromatic amines is 1. The minimum atomic E-state index is -4.62. The number of anilines is 2. The highest BCUT2D eigenvalue weighted by Gasteiger charge is 2.35. The van der Waals surface area contributed by atoms with Crippen molar-refractivity contribution in [3.05, 3.63) is 63.7 Å². The molecule has 12 heteroatoms. The number of hydrogen-bond donors (Lipinski definition) is 1. The number of tetrazole rings is 1. The van der Waals surface area contributed by atoms with Crippen molar-refractivity contribution in [2.24, 2.45) is 0 Å². The van der Waals surface area contributed by atoms with E-state index in [9.17, 15) is 22.4 Å². The summed E-state index contributed by atoms with van der Waals surface area (Å²) >= 11 is 0. The number of aryl methyl sites for hydroxylation is 2. The van der Waals surface area contributed by atoms with Gasteiger partial charge in [0.15, 0.2) is 0 Å². The number of nitrogens with one attached hydrogen (secondary N) is 1. The number of alkyl halides is 4. The van der Waals surface area contributed by atoms with E-state index in [0.717, 1.165) is 37.0 Å². The summed E-state index contributed by atoms with van der Waals surface area (Å²) in [6.45, 7) is 2.96. The molecular formula is C27H30F4N6O2. The first-order valence-corrected chi connectivity index (χ1v) is 13.0. The molecule has 1 aliphatic heterocycles. The third-order valence-corrected chi connectivity index (χ3v) is 7.16. The van der Waals surface area contributed by atoms with Gasteiger partial charge in [-0.25, -0.2) is 9.18 Å². The maximum absolute atomic E-state index is 13.6. The van der Waals surface area contributed by atoms with Gasteiger partial charge < -0.3 is 9.64 Å². The van der Waals surface area contributed by atoms with Gasteiger partial charge in [0.2, 0.25) is 0 Å². The Balaban J connectivity index is 1.60. The Bertz CT molecular complexity index is 1330. The first kappa shape index (κ1) is 26.9. The van der Waals surface area contributed by atoms with E-state index >= 15 is 0 Å². The van der Waals surface area contributed by atoms with Crippen molar-refractivity contribution in [2.45, 2.75) is 77.5 Å². The van der Waals surface area contributed by atoms with Gasteiger partial charge in [0.1, 0.15) is 6.67 Å². The number of rotatable bonds is 6. The Morgan fingerprint density at radius 2 is 1.87 bits per heavy atom. The molecule has 208 valence electrons. The maximum Gasteiger partial charge on any atom is 0.416 e. The van der Waals surface area contributed by atoms with Crippen LogP contribution in [-0.4, -0.2) is 39.4 Å². The van der Waals surface area contributed by atoms with Crippen molar-refractivity contribution in [3.63, 3.8) is 0 Å². The second-order valence-electron chi connectivity index (χ2n) is 10.3. The van der Waals surface area contributed by atoms with E-state index in [-0.39, 0.29) is 35.8 Å².